The summed E-state index contributed by atoms with van der Waals surface area (Å²) in [5.74, 6) is 0.144. The van der Waals surface area contributed by atoms with Gasteiger partial charge in [0, 0.05) is 23.8 Å². The number of nitrogens with two attached hydrogens (primary N) is 1. The normalized spacial score (nSPS) is 13.9. The van der Waals surface area contributed by atoms with Gasteiger partial charge in [-0.25, -0.2) is 0 Å². The van der Waals surface area contributed by atoms with E-state index < -0.39 is 0 Å². The van der Waals surface area contributed by atoms with Crippen LogP contribution in [0.25, 0.3) is 0 Å². The third kappa shape index (κ3) is 3.03. The largest absolute Gasteiger partial charge is 0.398 e. The fourth-order valence-electron chi connectivity index (χ4n) is 2.74. The van der Waals surface area contributed by atoms with Crippen LogP contribution >= 0.6 is 11.6 Å². The molecule has 0 saturated heterocycles. The third-order valence-electron chi connectivity index (χ3n) is 3.92. The van der Waals surface area contributed by atoms with Gasteiger partial charge < -0.3 is 10.6 Å². The maximum absolute atomic E-state index is 12.4. The number of amides is 1. The summed E-state index contributed by atoms with van der Waals surface area (Å²) in [4.78, 5) is 14.3. The molecule has 3 rings (SSSR count). The van der Waals surface area contributed by atoms with E-state index in [9.17, 15) is 4.79 Å². The van der Waals surface area contributed by atoms with Crippen LogP contribution in [0.1, 0.15) is 16.7 Å². The molecule has 108 valence electrons. The van der Waals surface area contributed by atoms with Gasteiger partial charge in [0.05, 0.1) is 6.42 Å². The number of benzene rings is 2. The topological polar surface area (TPSA) is 46.3 Å². The fraction of sp³-hybridized carbons (Fsp3) is 0.235. The summed E-state index contributed by atoms with van der Waals surface area (Å²) >= 11 is 5.86. The van der Waals surface area contributed by atoms with Crippen molar-refractivity contribution in [2.45, 2.75) is 19.4 Å². The van der Waals surface area contributed by atoms with Gasteiger partial charge >= 0.3 is 0 Å². The first-order valence-electron chi connectivity index (χ1n) is 7.02. The Labute approximate surface area is 129 Å². The molecule has 2 aromatic rings. The molecule has 21 heavy (non-hydrogen) atoms. The minimum atomic E-state index is 0.144. The van der Waals surface area contributed by atoms with Crippen molar-refractivity contribution in [1.29, 1.82) is 0 Å². The molecule has 0 spiro atoms. The number of hydrogen-bond acceptors (Lipinski definition) is 2. The van der Waals surface area contributed by atoms with E-state index in [2.05, 4.69) is 0 Å². The predicted octanol–water partition coefficient (Wildman–Crippen LogP) is 3.05. The summed E-state index contributed by atoms with van der Waals surface area (Å²) < 4.78 is 0. The highest BCUT2D eigenvalue weighted by atomic mass is 35.5. The van der Waals surface area contributed by atoms with Crippen molar-refractivity contribution < 1.29 is 4.79 Å². The molecule has 0 aliphatic carbocycles. The van der Waals surface area contributed by atoms with Crippen LogP contribution in [0, 0.1) is 0 Å². The minimum absolute atomic E-state index is 0.144. The number of carbonyl (C=O) groups excluding carboxylic acids is 1. The first-order valence-corrected chi connectivity index (χ1v) is 7.40. The van der Waals surface area contributed by atoms with E-state index in [-0.39, 0.29) is 5.91 Å². The van der Waals surface area contributed by atoms with E-state index in [1.807, 2.05) is 47.4 Å². The van der Waals surface area contributed by atoms with Crippen molar-refractivity contribution >= 4 is 23.2 Å². The summed E-state index contributed by atoms with van der Waals surface area (Å²) in [6, 6.07) is 13.3. The highest BCUT2D eigenvalue weighted by molar-refractivity contribution is 6.30. The van der Waals surface area contributed by atoms with Crippen molar-refractivity contribution in [1.82, 2.24) is 4.90 Å². The van der Waals surface area contributed by atoms with Gasteiger partial charge in [-0.05, 0) is 41.3 Å². The summed E-state index contributed by atoms with van der Waals surface area (Å²) in [5.41, 5.74) is 10.2. The van der Waals surface area contributed by atoms with Crippen LogP contribution in [0.2, 0.25) is 5.02 Å². The predicted molar refractivity (Wildman–Crippen MR) is 85.1 cm³/mol. The van der Waals surface area contributed by atoms with Crippen LogP contribution in [0.4, 0.5) is 5.69 Å². The van der Waals surface area contributed by atoms with E-state index in [0.29, 0.717) is 18.0 Å². The van der Waals surface area contributed by atoms with Gasteiger partial charge in [0.15, 0.2) is 0 Å². The molecule has 0 fully saturated rings. The second-order valence-corrected chi connectivity index (χ2v) is 5.79. The molecule has 0 radical (unpaired) electrons. The van der Waals surface area contributed by atoms with E-state index in [0.717, 1.165) is 29.8 Å². The van der Waals surface area contributed by atoms with E-state index in [1.165, 1.54) is 5.56 Å². The van der Waals surface area contributed by atoms with Crippen molar-refractivity contribution in [3.8, 4) is 0 Å². The fourth-order valence-corrected chi connectivity index (χ4v) is 2.87. The molecule has 3 nitrogen and oxygen atoms in total. The van der Waals surface area contributed by atoms with Gasteiger partial charge in [-0.1, -0.05) is 35.9 Å². The quantitative estimate of drug-likeness (QED) is 0.867. The molecule has 0 aromatic heterocycles. The highest BCUT2D eigenvalue weighted by Crippen LogP contribution is 2.24. The van der Waals surface area contributed by atoms with E-state index in [1.54, 1.807) is 0 Å². The summed E-state index contributed by atoms with van der Waals surface area (Å²) in [6.45, 7) is 1.38. The Morgan fingerprint density at radius 1 is 1.19 bits per heavy atom. The second kappa shape index (κ2) is 5.78. The standard InChI is InChI=1S/C17H17ClN2O/c18-14-6-4-12(5-7-14)10-17(21)20-9-8-15-13(11-20)2-1-3-16(15)19/h1-7H,8-11,19H2. The molecule has 0 unspecified atom stereocenters. The number of nitrogen functional groups attached to an aromatic ring is 1. The monoisotopic (exact) mass is 300 g/mol. The number of halogens is 1. The lowest BCUT2D eigenvalue weighted by atomic mass is 9.97. The lowest BCUT2D eigenvalue weighted by Crippen LogP contribution is -2.37. The Balaban J connectivity index is 1.71. The van der Waals surface area contributed by atoms with Gasteiger partial charge in [0.2, 0.25) is 5.91 Å². The van der Waals surface area contributed by atoms with Crippen molar-refractivity contribution in [2.75, 3.05) is 12.3 Å². The van der Waals surface area contributed by atoms with Gasteiger partial charge in [-0.3, -0.25) is 4.79 Å². The van der Waals surface area contributed by atoms with Gasteiger partial charge in [0.1, 0.15) is 0 Å². The molecule has 0 bridgehead atoms. The van der Waals surface area contributed by atoms with Crippen LogP contribution in [-0.4, -0.2) is 17.4 Å². The number of carbonyl (C=O) groups is 1. The van der Waals surface area contributed by atoms with Crippen LogP contribution in [0.3, 0.4) is 0 Å². The van der Waals surface area contributed by atoms with E-state index >= 15 is 0 Å². The molecule has 1 amide bonds. The number of fused-ring (bicyclic) bond motifs is 1. The van der Waals surface area contributed by atoms with Crippen molar-refractivity contribution in [3.63, 3.8) is 0 Å². The number of rotatable bonds is 2. The number of anilines is 1. The second-order valence-electron chi connectivity index (χ2n) is 5.35. The van der Waals surface area contributed by atoms with E-state index in [4.69, 9.17) is 17.3 Å². The Kier molecular flexibility index (Phi) is 3.84. The summed E-state index contributed by atoms with van der Waals surface area (Å²) in [7, 11) is 0. The van der Waals surface area contributed by atoms with Crippen LogP contribution in [0.15, 0.2) is 42.5 Å². The zero-order valence-corrected chi connectivity index (χ0v) is 12.4. The molecule has 1 heterocycles. The molecular weight excluding hydrogens is 284 g/mol. The summed E-state index contributed by atoms with van der Waals surface area (Å²) in [5, 5.41) is 0.688. The molecule has 4 heteroatoms. The third-order valence-corrected chi connectivity index (χ3v) is 4.18. The number of nitrogens with zero attached hydrogens (tertiary/aromatic N) is 1. The number of hydrogen-bond donors (Lipinski definition) is 1. The zero-order chi connectivity index (χ0) is 14.8. The average molecular weight is 301 g/mol. The minimum Gasteiger partial charge on any atom is -0.398 e. The van der Waals surface area contributed by atoms with Crippen molar-refractivity contribution in [3.05, 3.63) is 64.2 Å². The molecule has 0 saturated carbocycles. The van der Waals surface area contributed by atoms with Gasteiger partial charge in [-0.2, -0.15) is 0 Å². The first kappa shape index (κ1) is 14.0. The van der Waals surface area contributed by atoms with Gasteiger partial charge in [-0.15, -0.1) is 0 Å². The molecule has 1 aliphatic heterocycles. The van der Waals surface area contributed by atoms with Crippen molar-refractivity contribution in [2.24, 2.45) is 0 Å². The molecule has 2 aromatic carbocycles. The lowest BCUT2D eigenvalue weighted by Gasteiger charge is -2.29. The van der Waals surface area contributed by atoms with Crippen LogP contribution in [0.5, 0.6) is 0 Å². The molecular formula is C17H17ClN2O. The average Bonchev–Trinajstić information content (AvgIpc) is 2.49. The van der Waals surface area contributed by atoms with Crippen LogP contribution in [-0.2, 0) is 24.2 Å². The lowest BCUT2D eigenvalue weighted by molar-refractivity contribution is -0.131. The highest BCUT2D eigenvalue weighted by Gasteiger charge is 2.21. The van der Waals surface area contributed by atoms with Gasteiger partial charge in [0.25, 0.3) is 0 Å². The smallest absolute Gasteiger partial charge is 0.227 e. The molecule has 1 aliphatic rings. The van der Waals surface area contributed by atoms with Crippen LogP contribution < -0.4 is 5.73 Å². The Hall–Kier alpha value is -2.00. The molecule has 0 atom stereocenters. The Morgan fingerprint density at radius 2 is 1.95 bits per heavy atom. The first-order chi connectivity index (χ1) is 10.1. The molecule has 2 N–H and O–H groups in total. The SMILES string of the molecule is Nc1cccc2c1CCN(C(=O)Cc1ccc(Cl)cc1)C2. The zero-order valence-electron chi connectivity index (χ0n) is 11.7. The Morgan fingerprint density at radius 3 is 2.71 bits per heavy atom. The summed E-state index contributed by atoms with van der Waals surface area (Å²) in [6.07, 6.45) is 1.24. The maximum Gasteiger partial charge on any atom is 0.227 e. The Bertz CT molecular complexity index is 667. The maximum atomic E-state index is 12.4.